The number of furan rings is 1. The number of hydrogen-bond acceptors (Lipinski definition) is 6. The Morgan fingerprint density at radius 1 is 1.27 bits per heavy atom. The lowest BCUT2D eigenvalue weighted by molar-refractivity contribution is 0.0742. The Labute approximate surface area is 154 Å². The number of carbonyl (C=O) groups excluding carboxylic acids is 1. The summed E-state index contributed by atoms with van der Waals surface area (Å²) in [4.78, 5) is 16.2. The van der Waals surface area contributed by atoms with Crippen LogP contribution in [-0.2, 0) is 6.42 Å². The minimum Gasteiger partial charge on any atom is -0.456 e. The molecule has 7 heteroatoms. The molecule has 0 aliphatic heterocycles. The molecule has 0 aliphatic rings. The van der Waals surface area contributed by atoms with Gasteiger partial charge in [-0.1, -0.05) is 5.16 Å². The van der Waals surface area contributed by atoms with Gasteiger partial charge in [-0.2, -0.15) is 0 Å². The highest BCUT2D eigenvalue weighted by molar-refractivity contribution is 5.91. The molecule has 144 valence electrons. The highest BCUT2D eigenvalue weighted by Crippen LogP contribution is 2.20. The fraction of sp³-hybridized carbons (Fsp3) is 0.579. The summed E-state index contributed by atoms with van der Waals surface area (Å²) in [6, 6.07) is 3.52. The van der Waals surface area contributed by atoms with E-state index in [2.05, 4.69) is 5.16 Å². The van der Waals surface area contributed by atoms with Crippen LogP contribution in [0.15, 0.2) is 21.1 Å². The van der Waals surface area contributed by atoms with Crippen molar-refractivity contribution in [3.8, 4) is 0 Å². The van der Waals surface area contributed by atoms with Crippen LogP contribution >= 0.6 is 0 Å². The van der Waals surface area contributed by atoms with Gasteiger partial charge in [-0.15, -0.1) is 0 Å². The number of aliphatic hydroxyl groups excluding tert-OH is 1. The van der Waals surface area contributed by atoms with Crippen LogP contribution < -0.4 is 0 Å². The van der Waals surface area contributed by atoms with Gasteiger partial charge in [0.15, 0.2) is 5.76 Å². The van der Waals surface area contributed by atoms with E-state index < -0.39 is 0 Å². The van der Waals surface area contributed by atoms with Gasteiger partial charge in [0.25, 0.3) is 5.91 Å². The second-order valence-corrected chi connectivity index (χ2v) is 7.07. The maximum Gasteiger partial charge on any atom is 0.289 e. The summed E-state index contributed by atoms with van der Waals surface area (Å²) in [7, 11) is 5.70. The second kappa shape index (κ2) is 9.00. The van der Waals surface area contributed by atoms with E-state index in [-0.39, 0.29) is 18.4 Å². The van der Waals surface area contributed by atoms with Crippen molar-refractivity contribution in [2.24, 2.45) is 5.92 Å². The van der Waals surface area contributed by atoms with Crippen molar-refractivity contribution in [3.05, 3.63) is 40.7 Å². The van der Waals surface area contributed by atoms with Crippen molar-refractivity contribution in [1.82, 2.24) is 15.0 Å². The molecule has 0 aliphatic carbocycles. The molecule has 1 atom stereocenters. The SMILES string of the molecule is Cc1noc(C)c1Cc1ccc(C(=O)N(C)CC[C@H](CO)CN(C)C)o1. The minimum atomic E-state index is -0.156. The summed E-state index contributed by atoms with van der Waals surface area (Å²) in [6.45, 7) is 5.23. The van der Waals surface area contributed by atoms with E-state index in [4.69, 9.17) is 8.94 Å². The first-order chi connectivity index (χ1) is 12.3. The molecule has 2 aromatic heterocycles. The zero-order valence-electron chi connectivity index (χ0n) is 16.3. The zero-order chi connectivity index (χ0) is 19.3. The Hall–Kier alpha value is -2.12. The molecule has 1 amide bonds. The van der Waals surface area contributed by atoms with Gasteiger partial charge in [0.05, 0.1) is 5.69 Å². The highest BCUT2D eigenvalue weighted by atomic mass is 16.5. The Balaban J connectivity index is 1.94. The average Bonchev–Trinajstić information content (AvgIpc) is 3.19. The maximum absolute atomic E-state index is 12.5. The van der Waals surface area contributed by atoms with Gasteiger partial charge in [-0.05, 0) is 52.4 Å². The van der Waals surface area contributed by atoms with Gasteiger partial charge in [-0.25, -0.2) is 0 Å². The molecule has 7 nitrogen and oxygen atoms in total. The summed E-state index contributed by atoms with van der Waals surface area (Å²) in [5.41, 5.74) is 1.82. The third-order valence-electron chi connectivity index (χ3n) is 4.51. The number of hydrogen-bond donors (Lipinski definition) is 1. The summed E-state index contributed by atoms with van der Waals surface area (Å²) < 4.78 is 10.9. The normalized spacial score (nSPS) is 12.6. The molecular weight excluding hydrogens is 334 g/mol. The third kappa shape index (κ3) is 5.19. The predicted octanol–water partition coefficient (Wildman–Crippen LogP) is 2.11. The lowest BCUT2D eigenvalue weighted by Crippen LogP contribution is -2.32. The van der Waals surface area contributed by atoms with E-state index in [0.29, 0.717) is 24.5 Å². The van der Waals surface area contributed by atoms with Crippen LogP contribution in [0.2, 0.25) is 0 Å². The van der Waals surface area contributed by atoms with Crippen LogP contribution in [0.25, 0.3) is 0 Å². The van der Waals surface area contributed by atoms with E-state index in [1.54, 1.807) is 18.0 Å². The third-order valence-corrected chi connectivity index (χ3v) is 4.51. The molecule has 0 fully saturated rings. The van der Waals surface area contributed by atoms with Crippen molar-refractivity contribution < 1.29 is 18.8 Å². The Kier molecular flexibility index (Phi) is 6.99. The monoisotopic (exact) mass is 363 g/mol. The molecule has 2 rings (SSSR count). The number of rotatable bonds is 9. The lowest BCUT2D eigenvalue weighted by Gasteiger charge is -2.22. The molecular formula is C19H29N3O4. The molecule has 0 saturated heterocycles. The van der Waals surface area contributed by atoms with Crippen LogP contribution in [0.4, 0.5) is 0 Å². The highest BCUT2D eigenvalue weighted by Gasteiger charge is 2.19. The minimum absolute atomic E-state index is 0.114. The number of nitrogens with zero attached hydrogens (tertiary/aromatic N) is 3. The summed E-state index contributed by atoms with van der Waals surface area (Å²) >= 11 is 0. The van der Waals surface area contributed by atoms with Crippen molar-refractivity contribution in [1.29, 1.82) is 0 Å². The van der Waals surface area contributed by atoms with Gasteiger partial charge in [0.1, 0.15) is 11.5 Å². The number of aryl methyl sites for hydroxylation is 2. The van der Waals surface area contributed by atoms with Crippen molar-refractivity contribution in [3.63, 3.8) is 0 Å². The molecule has 0 radical (unpaired) electrons. The summed E-state index contributed by atoms with van der Waals surface area (Å²) in [5.74, 6) is 1.78. The maximum atomic E-state index is 12.5. The van der Waals surface area contributed by atoms with Gasteiger partial charge < -0.3 is 23.8 Å². The molecule has 2 aromatic rings. The number of amides is 1. The van der Waals surface area contributed by atoms with E-state index in [1.807, 2.05) is 38.9 Å². The zero-order valence-corrected chi connectivity index (χ0v) is 16.3. The molecule has 26 heavy (non-hydrogen) atoms. The average molecular weight is 363 g/mol. The molecule has 0 aromatic carbocycles. The number of aliphatic hydroxyl groups is 1. The Morgan fingerprint density at radius 3 is 2.58 bits per heavy atom. The molecule has 1 N–H and O–H groups in total. The topological polar surface area (TPSA) is 83.0 Å². The molecule has 0 spiro atoms. The van der Waals surface area contributed by atoms with Crippen LogP contribution in [-0.4, -0.2) is 66.8 Å². The van der Waals surface area contributed by atoms with Gasteiger partial charge in [0.2, 0.25) is 0 Å². The smallest absolute Gasteiger partial charge is 0.289 e. The van der Waals surface area contributed by atoms with Crippen LogP contribution in [0, 0.1) is 19.8 Å². The Bertz CT molecular complexity index is 701. The molecule has 0 bridgehead atoms. The quantitative estimate of drug-likeness (QED) is 0.735. The number of carbonyl (C=O) groups is 1. The van der Waals surface area contributed by atoms with E-state index >= 15 is 0 Å². The van der Waals surface area contributed by atoms with Crippen molar-refractivity contribution >= 4 is 5.91 Å². The van der Waals surface area contributed by atoms with Crippen LogP contribution in [0.5, 0.6) is 0 Å². The first-order valence-corrected chi connectivity index (χ1v) is 8.83. The van der Waals surface area contributed by atoms with E-state index in [0.717, 1.165) is 30.0 Å². The largest absolute Gasteiger partial charge is 0.456 e. The standard InChI is InChI=1S/C19H29N3O4/c1-13-17(14(2)26-20-13)10-16-6-7-18(25-16)19(24)22(5)9-8-15(12-23)11-21(3)4/h6-7,15,23H,8-12H2,1-5H3/t15-/m0/s1. The summed E-state index contributed by atoms with van der Waals surface area (Å²) in [5, 5.41) is 13.4. The van der Waals surface area contributed by atoms with Gasteiger partial charge in [0, 0.05) is 38.7 Å². The second-order valence-electron chi connectivity index (χ2n) is 7.07. The van der Waals surface area contributed by atoms with E-state index in [9.17, 15) is 9.90 Å². The number of aromatic nitrogens is 1. The van der Waals surface area contributed by atoms with Crippen molar-refractivity contribution in [2.75, 3.05) is 40.8 Å². The predicted molar refractivity (Wildman–Crippen MR) is 98.2 cm³/mol. The Morgan fingerprint density at radius 2 is 2.00 bits per heavy atom. The molecule has 0 saturated carbocycles. The van der Waals surface area contributed by atoms with Gasteiger partial charge >= 0.3 is 0 Å². The van der Waals surface area contributed by atoms with Gasteiger partial charge in [-0.3, -0.25) is 4.79 Å². The first kappa shape index (κ1) is 20.2. The lowest BCUT2D eigenvalue weighted by atomic mass is 10.1. The van der Waals surface area contributed by atoms with Crippen LogP contribution in [0.1, 0.15) is 39.8 Å². The first-order valence-electron chi connectivity index (χ1n) is 8.83. The summed E-state index contributed by atoms with van der Waals surface area (Å²) in [6.07, 6.45) is 1.29. The van der Waals surface area contributed by atoms with E-state index in [1.165, 1.54) is 0 Å². The van der Waals surface area contributed by atoms with Crippen LogP contribution in [0.3, 0.4) is 0 Å². The fourth-order valence-corrected chi connectivity index (χ4v) is 2.94. The fourth-order valence-electron chi connectivity index (χ4n) is 2.94. The molecule has 2 heterocycles. The van der Waals surface area contributed by atoms with Crippen molar-refractivity contribution in [2.45, 2.75) is 26.7 Å². The molecule has 0 unspecified atom stereocenters.